The molecule has 0 bridgehead atoms. The third-order valence-electron chi connectivity index (χ3n) is 5.66. The molecule has 0 aliphatic carbocycles. The smallest absolute Gasteiger partial charge is 0.261 e. The summed E-state index contributed by atoms with van der Waals surface area (Å²) < 4.78 is 0. The molecule has 4 amide bonds. The van der Waals surface area contributed by atoms with Crippen molar-refractivity contribution in [2.75, 3.05) is 39.3 Å². The summed E-state index contributed by atoms with van der Waals surface area (Å²) in [7, 11) is 0. The molecule has 8 nitrogen and oxygen atoms in total. The van der Waals surface area contributed by atoms with E-state index in [4.69, 9.17) is 0 Å². The third kappa shape index (κ3) is 4.08. The van der Waals surface area contributed by atoms with Crippen molar-refractivity contribution < 1.29 is 19.2 Å². The molecule has 0 aromatic heterocycles. The molecule has 0 spiro atoms. The number of hydrogen-bond acceptors (Lipinski definition) is 6. The van der Waals surface area contributed by atoms with Crippen molar-refractivity contribution in [3.05, 3.63) is 71.8 Å². The Morgan fingerprint density at radius 2 is 0.939 bits per heavy atom. The number of carbonyl (C=O) groups is 4. The number of nitrogens with one attached hydrogen (secondary N) is 2. The maximum absolute atomic E-state index is 13.1. The molecule has 2 aromatic carbocycles. The predicted octanol–water partition coefficient (Wildman–Crippen LogP) is 2.00. The van der Waals surface area contributed by atoms with Gasteiger partial charge < -0.3 is 10.6 Å². The SMILES string of the molecule is C=CCNCCN1C(=O)c2ccc3c4c(ccc(c24)C1=O)C(=O)N(CCNCC=C)C3=O.Cl. The van der Waals surface area contributed by atoms with Crippen molar-refractivity contribution in [1.82, 2.24) is 20.4 Å². The molecule has 2 aromatic rings. The minimum absolute atomic E-state index is 0. The van der Waals surface area contributed by atoms with Gasteiger partial charge in [0.05, 0.1) is 0 Å². The summed E-state index contributed by atoms with van der Waals surface area (Å²) in [5.74, 6) is -1.71. The minimum atomic E-state index is -0.428. The van der Waals surface area contributed by atoms with Crippen molar-refractivity contribution >= 4 is 46.8 Å². The largest absolute Gasteiger partial charge is 0.312 e. The number of hydrogen-bond donors (Lipinski definition) is 2. The van der Waals surface area contributed by atoms with E-state index in [2.05, 4.69) is 23.8 Å². The van der Waals surface area contributed by atoms with E-state index in [0.29, 0.717) is 59.2 Å². The van der Waals surface area contributed by atoms with Crippen LogP contribution in [-0.2, 0) is 0 Å². The van der Waals surface area contributed by atoms with Gasteiger partial charge in [0.25, 0.3) is 23.6 Å². The van der Waals surface area contributed by atoms with Crippen molar-refractivity contribution in [3.8, 4) is 0 Å². The average Bonchev–Trinajstić information content (AvgIpc) is 2.80. The van der Waals surface area contributed by atoms with Crippen LogP contribution in [0.5, 0.6) is 0 Å². The third-order valence-corrected chi connectivity index (χ3v) is 5.66. The average molecular weight is 469 g/mol. The minimum Gasteiger partial charge on any atom is -0.312 e. The molecule has 2 aliphatic rings. The van der Waals surface area contributed by atoms with Gasteiger partial charge in [-0.2, -0.15) is 0 Å². The second kappa shape index (κ2) is 10.1. The topological polar surface area (TPSA) is 98.8 Å². The van der Waals surface area contributed by atoms with E-state index in [-0.39, 0.29) is 25.5 Å². The number of amides is 4. The lowest BCUT2D eigenvalue weighted by atomic mass is 9.86. The maximum atomic E-state index is 13.1. The molecular weight excluding hydrogens is 444 g/mol. The van der Waals surface area contributed by atoms with Crippen LogP contribution >= 0.6 is 12.4 Å². The fourth-order valence-electron chi connectivity index (χ4n) is 4.17. The van der Waals surface area contributed by atoms with Gasteiger partial charge in [-0.3, -0.25) is 29.0 Å². The summed E-state index contributed by atoms with van der Waals surface area (Å²) in [6.07, 6.45) is 3.40. The molecule has 9 heteroatoms. The van der Waals surface area contributed by atoms with E-state index in [1.807, 2.05) is 0 Å². The highest BCUT2D eigenvalue weighted by molar-refractivity contribution is 6.33. The van der Waals surface area contributed by atoms with E-state index >= 15 is 0 Å². The molecule has 2 N–H and O–H groups in total. The summed E-state index contributed by atoms with van der Waals surface area (Å²) in [6.45, 7) is 9.67. The fraction of sp³-hybridized carbons (Fsp3) is 0.250. The van der Waals surface area contributed by atoms with Crippen LogP contribution in [0.4, 0.5) is 0 Å². The van der Waals surface area contributed by atoms with E-state index in [1.54, 1.807) is 36.4 Å². The second-order valence-electron chi connectivity index (χ2n) is 7.58. The molecule has 4 rings (SSSR count). The van der Waals surface area contributed by atoms with Crippen molar-refractivity contribution in [3.63, 3.8) is 0 Å². The Bertz CT molecular complexity index is 1020. The van der Waals surface area contributed by atoms with Gasteiger partial charge in [0.15, 0.2) is 0 Å². The quantitative estimate of drug-likeness (QED) is 0.314. The van der Waals surface area contributed by atoms with E-state index in [1.165, 1.54) is 9.80 Å². The second-order valence-corrected chi connectivity index (χ2v) is 7.58. The molecule has 0 radical (unpaired) electrons. The number of carbonyl (C=O) groups excluding carboxylic acids is 4. The summed E-state index contributed by atoms with van der Waals surface area (Å²) in [6, 6.07) is 6.30. The first-order valence-corrected chi connectivity index (χ1v) is 10.5. The Labute approximate surface area is 197 Å². The van der Waals surface area contributed by atoms with E-state index < -0.39 is 23.6 Å². The number of rotatable bonds is 10. The Morgan fingerprint density at radius 3 is 1.21 bits per heavy atom. The standard InChI is InChI=1S/C24H24N4O4.ClH/c1-3-9-25-11-13-27-21(29)15-5-7-17-20-18(8-6-16(19(15)20)22(27)30)24(32)28(23(17)31)14-12-26-10-4-2;/h3-8,25-26H,1-2,9-14H2;1H. The predicted molar refractivity (Wildman–Crippen MR) is 128 cm³/mol. The van der Waals surface area contributed by atoms with Crippen molar-refractivity contribution in [1.29, 1.82) is 0 Å². The van der Waals surface area contributed by atoms with Gasteiger partial charge >= 0.3 is 0 Å². The van der Waals surface area contributed by atoms with Gasteiger partial charge in [0, 0.05) is 72.3 Å². The highest BCUT2D eigenvalue weighted by Crippen LogP contribution is 2.37. The molecule has 0 saturated heterocycles. The highest BCUT2D eigenvalue weighted by atomic mass is 35.5. The molecule has 0 saturated carbocycles. The van der Waals surface area contributed by atoms with Gasteiger partial charge in [-0.1, -0.05) is 12.2 Å². The lowest BCUT2D eigenvalue weighted by Crippen LogP contribution is -2.46. The summed E-state index contributed by atoms with van der Waals surface area (Å²) in [4.78, 5) is 54.8. The monoisotopic (exact) mass is 468 g/mol. The van der Waals surface area contributed by atoms with Crippen LogP contribution in [-0.4, -0.2) is 72.7 Å². The van der Waals surface area contributed by atoms with Crippen LogP contribution < -0.4 is 10.6 Å². The van der Waals surface area contributed by atoms with Crippen LogP contribution in [0.15, 0.2) is 49.6 Å². The highest BCUT2D eigenvalue weighted by Gasteiger charge is 2.39. The zero-order valence-corrected chi connectivity index (χ0v) is 18.9. The Hall–Kier alpha value is -3.33. The number of benzene rings is 2. The van der Waals surface area contributed by atoms with Crippen molar-refractivity contribution in [2.24, 2.45) is 0 Å². The molecule has 2 aliphatic heterocycles. The summed E-state index contributed by atoms with van der Waals surface area (Å²) >= 11 is 0. The van der Waals surface area contributed by atoms with Crippen LogP contribution in [0.1, 0.15) is 41.4 Å². The van der Waals surface area contributed by atoms with Crippen LogP contribution in [0, 0.1) is 0 Å². The molecule has 0 unspecified atom stereocenters. The normalized spacial score (nSPS) is 14.5. The zero-order chi connectivity index (χ0) is 22.8. The van der Waals surface area contributed by atoms with Gasteiger partial charge in [0.2, 0.25) is 0 Å². The Balaban J connectivity index is 0.00000306. The van der Waals surface area contributed by atoms with E-state index in [9.17, 15) is 19.2 Å². The van der Waals surface area contributed by atoms with Crippen molar-refractivity contribution in [2.45, 2.75) is 0 Å². The Morgan fingerprint density at radius 1 is 0.636 bits per heavy atom. The van der Waals surface area contributed by atoms with Gasteiger partial charge in [0.1, 0.15) is 0 Å². The first kappa shape index (κ1) is 24.3. The van der Waals surface area contributed by atoms with Gasteiger partial charge in [-0.25, -0.2) is 0 Å². The molecule has 0 fully saturated rings. The maximum Gasteiger partial charge on any atom is 0.261 e. The van der Waals surface area contributed by atoms with Gasteiger partial charge in [-0.15, -0.1) is 25.6 Å². The first-order valence-electron chi connectivity index (χ1n) is 10.5. The molecule has 172 valence electrons. The Kier molecular flexibility index (Phi) is 7.43. The van der Waals surface area contributed by atoms with Crippen LogP contribution in [0.2, 0.25) is 0 Å². The summed E-state index contributed by atoms with van der Waals surface area (Å²) in [5, 5.41) is 6.93. The molecule has 0 atom stereocenters. The number of imide groups is 2. The zero-order valence-electron chi connectivity index (χ0n) is 18.1. The lowest BCUT2D eigenvalue weighted by Gasteiger charge is -2.32. The lowest BCUT2D eigenvalue weighted by molar-refractivity contribution is 0.0591. The molecule has 33 heavy (non-hydrogen) atoms. The molecular formula is C24H25ClN4O4. The number of halogens is 1. The van der Waals surface area contributed by atoms with E-state index in [0.717, 1.165) is 0 Å². The molecule has 2 heterocycles. The van der Waals surface area contributed by atoms with Crippen LogP contribution in [0.25, 0.3) is 10.8 Å². The fourth-order valence-corrected chi connectivity index (χ4v) is 4.17. The number of nitrogens with zero attached hydrogens (tertiary/aromatic N) is 2. The van der Waals surface area contributed by atoms with Crippen LogP contribution in [0.3, 0.4) is 0 Å². The van der Waals surface area contributed by atoms with Gasteiger partial charge in [-0.05, 0) is 24.3 Å². The summed E-state index contributed by atoms with van der Waals surface area (Å²) in [5.41, 5.74) is 1.30. The first-order chi connectivity index (χ1) is 15.5.